The average molecular weight is 253 g/mol. The van der Waals surface area contributed by atoms with Gasteiger partial charge >= 0.3 is 5.97 Å². The molecular formula is C13H23N3O2. The summed E-state index contributed by atoms with van der Waals surface area (Å²) in [5, 5.41) is 3.21. The van der Waals surface area contributed by atoms with Crippen molar-refractivity contribution in [3.8, 4) is 0 Å². The molecular weight excluding hydrogens is 230 g/mol. The Morgan fingerprint density at radius 1 is 1.50 bits per heavy atom. The molecule has 1 rings (SSSR count). The van der Waals surface area contributed by atoms with Gasteiger partial charge < -0.3 is 14.6 Å². The lowest BCUT2D eigenvalue weighted by molar-refractivity contribution is -0.148. The summed E-state index contributed by atoms with van der Waals surface area (Å²) in [7, 11) is 1.43. The fraction of sp³-hybridized carbons (Fsp3) is 0.692. The van der Waals surface area contributed by atoms with Crippen LogP contribution in [0.25, 0.3) is 0 Å². The molecule has 0 saturated carbocycles. The van der Waals surface area contributed by atoms with E-state index < -0.39 is 5.54 Å². The van der Waals surface area contributed by atoms with Crippen molar-refractivity contribution >= 4 is 5.97 Å². The zero-order valence-corrected chi connectivity index (χ0v) is 11.5. The summed E-state index contributed by atoms with van der Waals surface area (Å²) >= 11 is 0. The van der Waals surface area contributed by atoms with E-state index in [1.807, 2.05) is 30.9 Å². The van der Waals surface area contributed by atoms with Crippen LogP contribution in [0.5, 0.6) is 0 Å². The molecule has 0 radical (unpaired) electrons. The minimum absolute atomic E-state index is 0.188. The van der Waals surface area contributed by atoms with Crippen LogP contribution in [0.15, 0.2) is 18.7 Å². The fourth-order valence-corrected chi connectivity index (χ4v) is 2.07. The number of methoxy groups -OCH3 is 1. The van der Waals surface area contributed by atoms with Gasteiger partial charge in [0.2, 0.25) is 0 Å². The highest BCUT2D eigenvalue weighted by atomic mass is 16.5. The second kappa shape index (κ2) is 7.16. The van der Waals surface area contributed by atoms with Crippen molar-refractivity contribution in [2.45, 2.75) is 45.2 Å². The first-order valence-corrected chi connectivity index (χ1v) is 6.41. The molecule has 1 heterocycles. The summed E-state index contributed by atoms with van der Waals surface area (Å²) in [6.07, 6.45) is 8.30. The number of hydrogen-bond donors (Lipinski definition) is 1. The number of aromatic nitrogens is 2. The molecule has 0 aliphatic heterocycles. The number of esters is 1. The second-order valence-electron chi connectivity index (χ2n) is 4.61. The van der Waals surface area contributed by atoms with Gasteiger partial charge in [0.1, 0.15) is 5.54 Å². The van der Waals surface area contributed by atoms with E-state index in [0.717, 1.165) is 32.4 Å². The van der Waals surface area contributed by atoms with Gasteiger partial charge in [0.25, 0.3) is 0 Å². The molecule has 0 aliphatic carbocycles. The first kappa shape index (κ1) is 14.7. The van der Waals surface area contributed by atoms with Crippen molar-refractivity contribution in [1.82, 2.24) is 14.9 Å². The first-order chi connectivity index (χ1) is 8.62. The van der Waals surface area contributed by atoms with Gasteiger partial charge in [-0.1, -0.05) is 6.92 Å². The van der Waals surface area contributed by atoms with Crippen LogP contribution < -0.4 is 5.32 Å². The number of carbonyl (C=O) groups excluding carboxylic acids is 1. The topological polar surface area (TPSA) is 56.2 Å². The van der Waals surface area contributed by atoms with E-state index in [-0.39, 0.29) is 5.97 Å². The number of carbonyl (C=O) groups is 1. The van der Waals surface area contributed by atoms with Crippen molar-refractivity contribution in [2.24, 2.45) is 0 Å². The van der Waals surface area contributed by atoms with Crippen LogP contribution in [0.2, 0.25) is 0 Å². The fourth-order valence-electron chi connectivity index (χ4n) is 2.07. The Morgan fingerprint density at radius 3 is 2.83 bits per heavy atom. The smallest absolute Gasteiger partial charge is 0.325 e. The van der Waals surface area contributed by atoms with Crippen molar-refractivity contribution in [1.29, 1.82) is 0 Å². The lowest BCUT2D eigenvalue weighted by Gasteiger charge is -2.27. The number of hydrogen-bond acceptors (Lipinski definition) is 4. The van der Waals surface area contributed by atoms with Gasteiger partial charge in [-0.3, -0.25) is 4.79 Å². The first-order valence-electron chi connectivity index (χ1n) is 6.41. The van der Waals surface area contributed by atoms with E-state index in [1.165, 1.54) is 7.11 Å². The molecule has 0 spiro atoms. The molecule has 1 unspecified atom stereocenters. The number of unbranched alkanes of at least 4 members (excludes halogenated alkanes) is 1. The number of ether oxygens (including phenoxy) is 1. The van der Waals surface area contributed by atoms with Gasteiger partial charge in [-0.05, 0) is 32.7 Å². The largest absolute Gasteiger partial charge is 0.468 e. The van der Waals surface area contributed by atoms with E-state index in [9.17, 15) is 4.79 Å². The van der Waals surface area contributed by atoms with E-state index in [0.29, 0.717) is 0 Å². The highest BCUT2D eigenvalue weighted by molar-refractivity contribution is 5.80. The van der Waals surface area contributed by atoms with Gasteiger partial charge in [-0.2, -0.15) is 0 Å². The molecule has 18 heavy (non-hydrogen) atoms. The summed E-state index contributed by atoms with van der Waals surface area (Å²) in [4.78, 5) is 15.7. The maximum Gasteiger partial charge on any atom is 0.325 e. The van der Waals surface area contributed by atoms with E-state index >= 15 is 0 Å². The van der Waals surface area contributed by atoms with Crippen LogP contribution in [0, 0.1) is 0 Å². The maximum atomic E-state index is 11.7. The minimum atomic E-state index is -0.571. The summed E-state index contributed by atoms with van der Waals surface area (Å²) < 4.78 is 6.90. The highest BCUT2D eigenvalue weighted by Crippen LogP contribution is 2.16. The Bertz CT molecular complexity index is 351. The quantitative estimate of drug-likeness (QED) is 0.564. The molecule has 1 aromatic rings. The Labute approximate surface area is 109 Å². The van der Waals surface area contributed by atoms with Crippen LogP contribution in [0.3, 0.4) is 0 Å². The highest BCUT2D eigenvalue weighted by Gasteiger charge is 2.32. The third-order valence-electron chi connectivity index (χ3n) is 3.11. The normalized spacial score (nSPS) is 14.2. The molecule has 5 nitrogen and oxygen atoms in total. The number of likely N-dealkylation sites (N-methyl/N-ethyl adjacent to an activating group) is 1. The summed E-state index contributed by atoms with van der Waals surface area (Å²) in [6.45, 7) is 5.59. The molecule has 1 atom stereocenters. The number of nitrogens with zero attached hydrogens (tertiary/aromatic N) is 2. The predicted molar refractivity (Wildman–Crippen MR) is 70.2 cm³/mol. The van der Waals surface area contributed by atoms with Crippen LogP contribution in [-0.4, -0.2) is 34.7 Å². The molecule has 0 aliphatic rings. The Kier molecular flexibility index (Phi) is 5.85. The van der Waals surface area contributed by atoms with Crippen molar-refractivity contribution < 1.29 is 9.53 Å². The van der Waals surface area contributed by atoms with Gasteiger partial charge in [0, 0.05) is 18.9 Å². The molecule has 102 valence electrons. The molecule has 1 aromatic heterocycles. The maximum absolute atomic E-state index is 11.7. The zero-order chi connectivity index (χ0) is 13.4. The van der Waals surface area contributed by atoms with E-state index in [1.54, 1.807) is 6.20 Å². The molecule has 1 N–H and O–H groups in total. The number of rotatable bonds is 8. The second-order valence-corrected chi connectivity index (χ2v) is 4.61. The van der Waals surface area contributed by atoms with Gasteiger partial charge in [-0.25, -0.2) is 4.98 Å². The van der Waals surface area contributed by atoms with Crippen LogP contribution in [-0.2, 0) is 16.1 Å². The SMILES string of the molecule is CCNC(C)(CCCCn1ccnc1)C(=O)OC. The molecule has 0 bridgehead atoms. The lowest BCUT2D eigenvalue weighted by atomic mass is 9.94. The van der Waals surface area contributed by atoms with Crippen LogP contribution in [0.1, 0.15) is 33.1 Å². The summed E-state index contributed by atoms with van der Waals surface area (Å²) in [5.41, 5.74) is -0.571. The zero-order valence-electron chi connectivity index (χ0n) is 11.5. The number of nitrogens with one attached hydrogen (secondary N) is 1. The Balaban J connectivity index is 2.35. The summed E-state index contributed by atoms with van der Waals surface area (Å²) in [5.74, 6) is -0.188. The monoisotopic (exact) mass is 253 g/mol. The standard InChI is InChI=1S/C13H23N3O2/c1-4-15-13(2,12(17)18-3)7-5-6-9-16-10-8-14-11-16/h8,10-11,15H,4-7,9H2,1-3H3. The van der Waals surface area contributed by atoms with Crippen molar-refractivity contribution in [3.05, 3.63) is 18.7 Å². The number of aryl methyl sites for hydroxylation is 1. The number of imidazole rings is 1. The molecule has 0 fully saturated rings. The van der Waals surface area contributed by atoms with Gasteiger partial charge in [0.15, 0.2) is 0 Å². The van der Waals surface area contributed by atoms with E-state index in [4.69, 9.17) is 4.74 Å². The Hall–Kier alpha value is -1.36. The molecule has 0 amide bonds. The Morgan fingerprint density at radius 2 is 2.28 bits per heavy atom. The average Bonchev–Trinajstić information content (AvgIpc) is 2.87. The van der Waals surface area contributed by atoms with E-state index in [2.05, 4.69) is 10.3 Å². The molecule has 0 saturated heterocycles. The lowest BCUT2D eigenvalue weighted by Crippen LogP contribution is -2.50. The van der Waals surface area contributed by atoms with Crippen LogP contribution in [0.4, 0.5) is 0 Å². The third kappa shape index (κ3) is 4.14. The molecule has 0 aromatic carbocycles. The summed E-state index contributed by atoms with van der Waals surface area (Å²) in [6, 6.07) is 0. The predicted octanol–water partition coefficient (Wildman–Crippen LogP) is 1.59. The van der Waals surface area contributed by atoms with Crippen LogP contribution >= 0.6 is 0 Å². The van der Waals surface area contributed by atoms with Gasteiger partial charge in [0.05, 0.1) is 13.4 Å². The van der Waals surface area contributed by atoms with Gasteiger partial charge in [-0.15, -0.1) is 0 Å². The van der Waals surface area contributed by atoms with Crippen molar-refractivity contribution in [3.63, 3.8) is 0 Å². The molecule has 5 heteroatoms. The minimum Gasteiger partial charge on any atom is -0.468 e. The van der Waals surface area contributed by atoms with Crippen molar-refractivity contribution in [2.75, 3.05) is 13.7 Å². The third-order valence-corrected chi connectivity index (χ3v) is 3.11.